The van der Waals surface area contributed by atoms with Crippen molar-refractivity contribution in [3.05, 3.63) is 47.0 Å². The minimum atomic E-state index is -9.52. The van der Waals surface area contributed by atoms with Crippen LogP contribution < -0.4 is 0 Å². The van der Waals surface area contributed by atoms with E-state index in [9.17, 15) is 38.9 Å². The molecule has 0 aliphatic carbocycles. The van der Waals surface area contributed by atoms with E-state index in [0.717, 1.165) is 21.4 Å². The van der Waals surface area contributed by atoms with Gasteiger partial charge < -0.3 is 0 Å². The van der Waals surface area contributed by atoms with E-state index >= 15 is 0 Å². The van der Waals surface area contributed by atoms with Crippen molar-refractivity contribution in [2.45, 2.75) is 0 Å². The summed E-state index contributed by atoms with van der Waals surface area (Å²) in [6.07, 6.45) is 5.12. The predicted octanol–water partition coefficient (Wildman–Crippen LogP) is 12.6. The number of halogens is 14. The zero-order chi connectivity index (χ0) is 24.4. The van der Waals surface area contributed by atoms with Crippen LogP contribution in [-0.4, -0.2) is 0 Å². The van der Waals surface area contributed by atoms with Gasteiger partial charge in [0.15, 0.2) is 0 Å². The molecule has 0 N–H and O–H groups in total. The molecule has 0 unspecified atom stereocenters. The average molecular weight is 788 g/mol. The third-order valence-electron chi connectivity index (χ3n) is 1.97. The van der Waals surface area contributed by atoms with E-state index < -0.39 is 28.8 Å². The van der Waals surface area contributed by atoms with E-state index in [0.29, 0.717) is 19.3 Å². The van der Waals surface area contributed by atoms with Gasteiger partial charge in [-0.1, -0.05) is 44.8 Å². The van der Waals surface area contributed by atoms with Gasteiger partial charge in [-0.25, -0.2) is 0 Å². The Labute approximate surface area is 205 Å². The molecule has 0 bridgehead atoms. The van der Waals surface area contributed by atoms with Gasteiger partial charge in [-0.15, -0.1) is 17.8 Å². The lowest BCUT2D eigenvalue weighted by molar-refractivity contribution is 0.384. The molecule has 0 amide bonds. The van der Waals surface area contributed by atoms with Gasteiger partial charge in [-0.05, 0) is 47.8 Å². The van der Waals surface area contributed by atoms with Crippen molar-refractivity contribution in [1.29, 1.82) is 0 Å². The van der Waals surface area contributed by atoms with Crippen molar-refractivity contribution >= 4 is 109 Å². The lowest BCUT2D eigenvalue weighted by Crippen LogP contribution is -2.00. The molecule has 2 heterocycles. The molecular weight excluding hydrogens is 782 g/mol. The number of terminal acetylenes is 1. The Morgan fingerprint density at radius 3 is 1.47 bits per heavy atom. The highest BCUT2D eigenvalue weighted by Crippen LogP contribution is 3.03. The highest BCUT2D eigenvalue weighted by molar-refractivity contribution is 9.62. The summed E-state index contributed by atoms with van der Waals surface area (Å²) < 4.78 is 113. The van der Waals surface area contributed by atoms with Crippen molar-refractivity contribution in [1.82, 2.24) is 0 Å². The molecule has 0 saturated heterocycles. The summed E-state index contributed by atoms with van der Waals surface area (Å²) in [7, 11) is -18.7. The van der Waals surface area contributed by atoms with Gasteiger partial charge in [0.1, 0.15) is 14.8 Å². The first-order valence-electron chi connectivity index (χ1n) is 6.17. The van der Waals surface area contributed by atoms with Crippen molar-refractivity contribution in [3.63, 3.8) is 0 Å². The Morgan fingerprint density at radius 1 is 0.833 bits per heavy atom. The van der Waals surface area contributed by atoms with E-state index in [1.807, 2.05) is 10.8 Å². The van der Waals surface area contributed by atoms with Crippen molar-refractivity contribution in [3.8, 4) is 12.3 Å². The molecule has 2 rings (SSSR count). The van der Waals surface area contributed by atoms with E-state index in [-0.39, 0.29) is 5.56 Å². The van der Waals surface area contributed by atoms with E-state index in [4.69, 9.17) is 6.42 Å². The lowest BCUT2D eigenvalue weighted by Gasteiger charge is -2.37. The minimum absolute atomic E-state index is 0.0493. The second-order valence-electron chi connectivity index (χ2n) is 4.78. The summed E-state index contributed by atoms with van der Waals surface area (Å²) in [6.45, 7) is 0. The van der Waals surface area contributed by atoms with Crippen LogP contribution >= 0.6 is 104 Å². The quantitative estimate of drug-likeness (QED) is 0.210. The van der Waals surface area contributed by atoms with Gasteiger partial charge in [0.05, 0.1) is 5.41 Å². The molecule has 0 fully saturated rings. The smallest absolute Gasteiger partial charge is 0.151 e. The highest BCUT2D eigenvalue weighted by Gasteiger charge is 2.61. The van der Waals surface area contributed by atoms with Crippen LogP contribution in [0.2, 0.25) is 0 Å². The Bertz CT molecular complexity index is 955. The first kappa shape index (κ1) is 30.6. The molecule has 0 nitrogen and oxygen atoms in total. The molecule has 2 aromatic heterocycles. The molecule has 0 spiro atoms. The summed E-state index contributed by atoms with van der Waals surface area (Å²) in [5.41, 5.74) is 0.989. The maximum absolute atomic E-state index is 12.1. The van der Waals surface area contributed by atoms with Crippen molar-refractivity contribution in [2.24, 2.45) is 0 Å². The summed E-state index contributed by atoms with van der Waals surface area (Å²) >= 11 is 11.8. The molecule has 0 aromatic carbocycles. The van der Waals surface area contributed by atoms with Gasteiger partial charge in [0, 0.05) is 46.1 Å². The third kappa shape index (κ3) is 19.3. The Kier molecular flexibility index (Phi) is 8.61. The Morgan fingerprint density at radius 2 is 1.23 bits per heavy atom. The van der Waals surface area contributed by atoms with Crippen LogP contribution in [0, 0.1) is 12.3 Å². The minimum Gasteiger partial charge on any atom is -0.151 e. The fraction of sp³-hybridized carbons (Fsp3) is 0. The molecule has 0 aliphatic heterocycles. The van der Waals surface area contributed by atoms with Crippen LogP contribution in [-0.2, 0) is 0 Å². The topological polar surface area (TPSA) is 0 Å². The van der Waals surface area contributed by atoms with Crippen LogP contribution in [0.5, 0.6) is 0 Å². The predicted molar refractivity (Wildman–Crippen MR) is 124 cm³/mol. The van der Waals surface area contributed by atoms with Crippen LogP contribution in [0.3, 0.4) is 0 Å². The van der Waals surface area contributed by atoms with E-state index in [1.54, 1.807) is 11.3 Å². The Balaban J connectivity index is 0.000000471. The van der Waals surface area contributed by atoms with Gasteiger partial charge >= 0.3 is 18.9 Å². The second-order valence-corrected chi connectivity index (χ2v) is 16.5. The number of hydrogen-bond acceptors (Lipinski definition) is 2. The number of rotatable bonds is 2. The zero-order valence-corrected chi connectivity index (χ0v) is 23.0. The van der Waals surface area contributed by atoms with E-state index in [1.165, 1.54) is 10.8 Å². The van der Waals surface area contributed by atoms with Gasteiger partial charge in [-0.3, -0.25) is 0 Å². The maximum Gasteiger partial charge on any atom is 0.337 e. The normalized spacial score (nSPS) is 16.9. The fourth-order valence-corrected chi connectivity index (χ4v) is 6.28. The summed E-state index contributed by atoms with van der Waals surface area (Å²) in [6, 6.07) is 0. The van der Waals surface area contributed by atoms with E-state index in [2.05, 4.69) is 53.7 Å². The number of thiophene rings is 2. The molecule has 176 valence electrons. The third-order valence-corrected chi connectivity index (χ3v) is 7.01. The van der Waals surface area contributed by atoms with Crippen LogP contribution in [0.4, 0.5) is 38.9 Å². The first-order valence-corrected chi connectivity index (χ1v) is 16.2. The van der Waals surface area contributed by atoms with Crippen molar-refractivity contribution in [2.75, 3.05) is 0 Å². The van der Waals surface area contributed by atoms with Gasteiger partial charge in [0.2, 0.25) is 0 Å². The maximum atomic E-state index is 12.1. The van der Waals surface area contributed by atoms with Gasteiger partial charge in [-0.2, -0.15) is 11.3 Å². The summed E-state index contributed by atoms with van der Waals surface area (Å²) in [4.78, 5) is 0. The van der Waals surface area contributed by atoms with Crippen LogP contribution in [0.25, 0.3) is 4.48 Å². The molecule has 2 aromatic rings. The SMILES string of the molecule is C#Cc1cscc1Br.FS(F)(F)(F)(F)/C=C(/Br)c1cscc1Br.FS(F)(F)(F)(F)Br. The monoisotopic (exact) mass is 784 g/mol. The standard InChI is InChI=1S/C6H3Br2F5S2.C6H3BrS.BrF5S/c7-5-2-14-1-4(5)6(8)3-15(9,10,11,12)13;1-2-5-3-8-4-6(5)7;1-7(2,3,4,5)6/h1-3H;1,3-4H;/b6-3+;;. The average Bonchev–Trinajstić information content (AvgIpc) is 3.00. The lowest BCUT2D eigenvalue weighted by atomic mass is 10.3. The van der Waals surface area contributed by atoms with Crippen LogP contribution in [0.1, 0.15) is 11.1 Å². The first-order chi connectivity index (χ1) is 12.7. The zero-order valence-electron chi connectivity index (χ0n) is 13.4. The van der Waals surface area contributed by atoms with Gasteiger partial charge in [0.25, 0.3) is 0 Å². The molecule has 18 heteroatoms. The second kappa shape index (κ2) is 8.44. The summed E-state index contributed by atoms with van der Waals surface area (Å²) in [5.74, 6) is 2.54. The van der Waals surface area contributed by atoms with Crippen LogP contribution in [0.15, 0.2) is 35.9 Å². The highest BCUT2D eigenvalue weighted by atomic mass is 79.9. The Hall–Kier alpha value is 0.620. The largest absolute Gasteiger partial charge is 0.337 e. The molecule has 0 radical (unpaired) electrons. The number of hydrogen-bond donors (Lipinski definition) is 0. The van der Waals surface area contributed by atoms with Crippen molar-refractivity contribution < 1.29 is 38.9 Å². The fourth-order valence-electron chi connectivity index (χ4n) is 1.10. The molecule has 30 heavy (non-hydrogen) atoms. The molecular formula is C12H6Br4F10S4. The molecule has 0 atom stereocenters. The molecule has 0 saturated carbocycles. The molecule has 0 aliphatic rings. The summed E-state index contributed by atoms with van der Waals surface area (Å²) in [5, 5.41) is 5.77.